The molecule has 0 aliphatic rings. The van der Waals surface area contributed by atoms with Crippen LogP contribution >= 0.6 is 0 Å². The minimum atomic E-state index is -1.64. The molecule has 1 aromatic carbocycles. The van der Waals surface area contributed by atoms with E-state index in [-0.39, 0.29) is 0 Å². The number of rotatable bonds is 0. The van der Waals surface area contributed by atoms with Gasteiger partial charge in [-0.15, -0.1) is 0 Å². The summed E-state index contributed by atoms with van der Waals surface area (Å²) < 4.78 is 49.2. The molecule has 0 unspecified atom stereocenters. The van der Waals surface area contributed by atoms with E-state index in [1.54, 1.807) is 0 Å². The Hall–Kier alpha value is -1.06. The fourth-order valence-electron chi connectivity index (χ4n) is 0.657. The van der Waals surface area contributed by atoms with Crippen molar-refractivity contribution in [3.8, 4) is 0 Å². The smallest absolute Gasteiger partial charge is 0.194 e. The zero-order valence-corrected chi connectivity index (χ0v) is 7.59. The molecule has 0 N–H and O–H groups in total. The lowest BCUT2D eigenvalue weighted by atomic mass is 10.2. The van der Waals surface area contributed by atoms with Crippen molar-refractivity contribution in [3.05, 3.63) is 34.9 Å². The minimum absolute atomic E-state index is 0.313. The molecule has 1 rings (SSSR count). The first-order valence-corrected chi connectivity index (χ1v) is 3.83. The van der Waals surface area contributed by atoms with Crippen LogP contribution in [0.15, 0.2) is 6.07 Å². The zero-order valence-electron chi connectivity index (χ0n) is 7.59. The van der Waals surface area contributed by atoms with Gasteiger partial charge in [0.1, 0.15) is 5.82 Å². The van der Waals surface area contributed by atoms with Gasteiger partial charge in [0.15, 0.2) is 17.5 Å². The van der Waals surface area contributed by atoms with Crippen LogP contribution < -0.4 is 0 Å². The van der Waals surface area contributed by atoms with E-state index in [9.17, 15) is 17.6 Å². The fourth-order valence-corrected chi connectivity index (χ4v) is 0.657. The quantitative estimate of drug-likeness (QED) is 0.336. The Bertz CT molecular complexity index is 268. The van der Waals surface area contributed by atoms with Gasteiger partial charge in [-0.05, 0) is 6.92 Å². The summed E-state index contributed by atoms with van der Waals surface area (Å²) in [6, 6.07) is 0.313. The Morgan fingerprint density at radius 2 is 1.31 bits per heavy atom. The normalized spacial score (nSPS) is 9.15. The van der Waals surface area contributed by atoms with Crippen LogP contribution in [-0.2, 0) is 0 Å². The molecule has 0 saturated heterocycles. The van der Waals surface area contributed by atoms with Crippen LogP contribution in [0.3, 0.4) is 0 Å². The van der Waals surface area contributed by atoms with Crippen LogP contribution in [0.5, 0.6) is 0 Å². The summed E-state index contributed by atoms with van der Waals surface area (Å²) in [5, 5.41) is 0. The Morgan fingerprint density at radius 3 is 1.77 bits per heavy atom. The van der Waals surface area contributed by atoms with Crippen LogP contribution in [0.1, 0.15) is 19.4 Å². The molecule has 0 atom stereocenters. The van der Waals surface area contributed by atoms with Gasteiger partial charge in [-0.1, -0.05) is 13.8 Å². The molecule has 0 aliphatic heterocycles. The predicted molar refractivity (Wildman–Crippen MR) is 42.4 cm³/mol. The van der Waals surface area contributed by atoms with E-state index in [1.165, 1.54) is 0 Å². The Kier molecular flexibility index (Phi) is 4.45. The van der Waals surface area contributed by atoms with Gasteiger partial charge >= 0.3 is 0 Å². The highest BCUT2D eigenvalue weighted by molar-refractivity contribution is 5.20. The third-order valence-electron chi connectivity index (χ3n) is 1.34. The first kappa shape index (κ1) is 11.9. The SMILES string of the molecule is CC.Cc1c(F)cc(F)c(F)c1F. The molecule has 0 aliphatic carbocycles. The third kappa shape index (κ3) is 2.44. The molecule has 4 heteroatoms. The van der Waals surface area contributed by atoms with Crippen molar-refractivity contribution < 1.29 is 17.6 Å². The van der Waals surface area contributed by atoms with Crippen LogP contribution in [-0.4, -0.2) is 0 Å². The standard InChI is InChI=1S/C7H4F4.C2H6/c1-3-4(8)2-5(9)7(11)6(3)10;1-2/h2H,1H3;1-2H3. The molecule has 0 spiro atoms. The molecule has 0 radical (unpaired) electrons. The van der Waals surface area contributed by atoms with Crippen LogP contribution in [0.2, 0.25) is 0 Å². The van der Waals surface area contributed by atoms with Crippen molar-refractivity contribution in [2.24, 2.45) is 0 Å². The lowest BCUT2D eigenvalue weighted by molar-refractivity contribution is 0.428. The molecule has 1 aromatic rings. The highest BCUT2D eigenvalue weighted by Crippen LogP contribution is 2.17. The lowest BCUT2D eigenvalue weighted by Crippen LogP contribution is -1.97. The molecule has 0 saturated carbocycles. The molecule has 13 heavy (non-hydrogen) atoms. The molecule has 0 amide bonds. The fraction of sp³-hybridized carbons (Fsp3) is 0.333. The van der Waals surface area contributed by atoms with Gasteiger partial charge in [-0.25, -0.2) is 17.6 Å². The van der Waals surface area contributed by atoms with Crippen molar-refractivity contribution in [1.29, 1.82) is 0 Å². The Labute approximate surface area is 74.2 Å². The van der Waals surface area contributed by atoms with Gasteiger partial charge < -0.3 is 0 Å². The summed E-state index contributed by atoms with van der Waals surface area (Å²) in [5.41, 5.74) is -0.510. The third-order valence-corrected chi connectivity index (χ3v) is 1.34. The summed E-state index contributed by atoms with van der Waals surface area (Å²) in [6.45, 7) is 5.03. The molecule has 0 fully saturated rings. The van der Waals surface area contributed by atoms with Gasteiger partial charge in [-0.2, -0.15) is 0 Å². The first-order chi connectivity index (χ1) is 6.04. The second-order valence-electron chi connectivity index (χ2n) is 2.09. The van der Waals surface area contributed by atoms with E-state index < -0.39 is 28.8 Å². The van der Waals surface area contributed by atoms with Crippen molar-refractivity contribution in [2.75, 3.05) is 0 Å². The molecule has 74 valence electrons. The molecular formula is C9H10F4. The van der Waals surface area contributed by atoms with Crippen molar-refractivity contribution in [1.82, 2.24) is 0 Å². The highest BCUT2D eigenvalue weighted by Gasteiger charge is 2.14. The number of hydrogen-bond donors (Lipinski definition) is 0. The Morgan fingerprint density at radius 1 is 0.846 bits per heavy atom. The van der Waals surface area contributed by atoms with E-state index in [0.29, 0.717) is 6.07 Å². The lowest BCUT2D eigenvalue weighted by Gasteiger charge is -1.99. The maximum Gasteiger partial charge on any atom is 0.194 e. The summed E-state index contributed by atoms with van der Waals surface area (Å²) >= 11 is 0. The maximum atomic E-state index is 12.4. The predicted octanol–water partition coefficient (Wildman–Crippen LogP) is 3.58. The van der Waals surface area contributed by atoms with Gasteiger partial charge in [0.05, 0.1) is 0 Å². The molecule has 0 heterocycles. The van der Waals surface area contributed by atoms with Crippen LogP contribution in [0, 0.1) is 30.2 Å². The summed E-state index contributed by atoms with van der Waals surface area (Å²) in [5.74, 6) is -5.70. The van der Waals surface area contributed by atoms with Gasteiger partial charge in [0, 0.05) is 11.6 Å². The minimum Gasteiger partial charge on any atom is -0.206 e. The Balaban J connectivity index is 0.000000671. The van der Waals surface area contributed by atoms with E-state index in [0.717, 1.165) is 6.92 Å². The maximum absolute atomic E-state index is 12.4. The van der Waals surface area contributed by atoms with Crippen LogP contribution in [0.4, 0.5) is 17.6 Å². The van der Waals surface area contributed by atoms with Gasteiger partial charge in [0.25, 0.3) is 0 Å². The van der Waals surface area contributed by atoms with Crippen molar-refractivity contribution in [2.45, 2.75) is 20.8 Å². The highest BCUT2D eigenvalue weighted by atomic mass is 19.2. The molecular weight excluding hydrogens is 184 g/mol. The van der Waals surface area contributed by atoms with Gasteiger partial charge in [-0.3, -0.25) is 0 Å². The number of hydrogen-bond acceptors (Lipinski definition) is 0. The summed E-state index contributed by atoms with van der Waals surface area (Å²) in [4.78, 5) is 0. The van der Waals surface area contributed by atoms with E-state index in [2.05, 4.69) is 0 Å². The summed E-state index contributed by atoms with van der Waals surface area (Å²) in [7, 11) is 0. The topological polar surface area (TPSA) is 0 Å². The largest absolute Gasteiger partial charge is 0.206 e. The molecule has 0 bridgehead atoms. The van der Waals surface area contributed by atoms with E-state index >= 15 is 0 Å². The summed E-state index contributed by atoms with van der Waals surface area (Å²) in [6.07, 6.45) is 0. The second kappa shape index (κ2) is 4.84. The van der Waals surface area contributed by atoms with Gasteiger partial charge in [0.2, 0.25) is 0 Å². The molecule has 0 aromatic heterocycles. The average molecular weight is 194 g/mol. The molecule has 0 nitrogen and oxygen atoms in total. The number of benzene rings is 1. The van der Waals surface area contributed by atoms with Crippen LogP contribution in [0.25, 0.3) is 0 Å². The first-order valence-electron chi connectivity index (χ1n) is 3.83. The average Bonchev–Trinajstić information content (AvgIpc) is 2.15. The van der Waals surface area contributed by atoms with Crippen molar-refractivity contribution in [3.63, 3.8) is 0 Å². The monoisotopic (exact) mass is 194 g/mol. The van der Waals surface area contributed by atoms with E-state index in [4.69, 9.17) is 0 Å². The van der Waals surface area contributed by atoms with E-state index in [1.807, 2.05) is 13.8 Å². The number of halogens is 4. The van der Waals surface area contributed by atoms with Crippen molar-refractivity contribution >= 4 is 0 Å². The second-order valence-corrected chi connectivity index (χ2v) is 2.09. The zero-order chi connectivity index (χ0) is 10.6.